The normalized spacial score (nSPS) is 21.0. The molecule has 0 saturated carbocycles. The van der Waals surface area contributed by atoms with Crippen LogP contribution in [0.25, 0.3) is 0 Å². The van der Waals surface area contributed by atoms with E-state index in [9.17, 15) is 4.79 Å². The Balaban J connectivity index is 1.16. The standard InChI is InChI=1S/C21H25ClN4O2S/c1-14-15(2-3-16-17(14)12-28-18(16)27)4-8-25-9-5-21(6-10-25)7-11-26(13-21)20-23-19(22)29-24-20/h2-3H,4-13H2,1H3. The molecule has 5 rings (SSSR count). The number of nitrogens with zero attached hydrogens (tertiary/aromatic N) is 4. The highest BCUT2D eigenvalue weighted by molar-refractivity contribution is 7.10. The van der Waals surface area contributed by atoms with E-state index in [4.69, 9.17) is 16.3 Å². The summed E-state index contributed by atoms with van der Waals surface area (Å²) in [4.78, 5) is 21.0. The van der Waals surface area contributed by atoms with E-state index < -0.39 is 0 Å². The van der Waals surface area contributed by atoms with Gasteiger partial charge in [-0.3, -0.25) is 0 Å². The largest absolute Gasteiger partial charge is 0.457 e. The molecule has 0 aliphatic carbocycles. The zero-order valence-corrected chi connectivity index (χ0v) is 18.2. The third-order valence-electron chi connectivity index (χ3n) is 7.00. The molecule has 29 heavy (non-hydrogen) atoms. The maximum Gasteiger partial charge on any atom is 0.338 e. The van der Waals surface area contributed by atoms with Crippen molar-refractivity contribution < 1.29 is 9.53 Å². The van der Waals surface area contributed by atoms with Crippen molar-refractivity contribution in [2.24, 2.45) is 5.41 Å². The lowest BCUT2D eigenvalue weighted by Crippen LogP contribution is -2.42. The van der Waals surface area contributed by atoms with Crippen LogP contribution in [0.3, 0.4) is 0 Å². The third kappa shape index (κ3) is 3.64. The van der Waals surface area contributed by atoms with Crippen molar-refractivity contribution in [3.63, 3.8) is 0 Å². The Morgan fingerprint density at radius 3 is 2.79 bits per heavy atom. The molecule has 3 aliphatic heterocycles. The Hall–Kier alpha value is -1.70. The van der Waals surface area contributed by atoms with Gasteiger partial charge in [0.05, 0.1) is 5.56 Å². The van der Waals surface area contributed by atoms with Gasteiger partial charge in [-0.15, -0.1) is 0 Å². The number of aromatic nitrogens is 2. The topological polar surface area (TPSA) is 58.6 Å². The Kier molecular flexibility index (Phi) is 5.00. The number of hydrogen-bond donors (Lipinski definition) is 0. The number of carbonyl (C=O) groups is 1. The van der Waals surface area contributed by atoms with Crippen molar-refractivity contribution in [2.45, 2.75) is 39.2 Å². The van der Waals surface area contributed by atoms with Gasteiger partial charge in [0.1, 0.15) is 6.61 Å². The molecule has 6 nitrogen and oxygen atoms in total. The summed E-state index contributed by atoms with van der Waals surface area (Å²) in [6.07, 6.45) is 4.70. The van der Waals surface area contributed by atoms with Crippen molar-refractivity contribution in [1.82, 2.24) is 14.3 Å². The van der Waals surface area contributed by atoms with Gasteiger partial charge >= 0.3 is 5.97 Å². The summed E-state index contributed by atoms with van der Waals surface area (Å²) in [7, 11) is 0. The number of likely N-dealkylation sites (tertiary alicyclic amines) is 1. The molecule has 154 valence electrons. The van der Waals surface area contributed by atoms with Gasteiger partial charge in [-0.1, -0.05) is 6.07 Å². The van der Waals surface area contributed by atoms with Gasteiger partial charge in [0.15, 0.2) is 0 Å². The summed E-state index contributed by atoms with van der Waals surface area (Å²) < 4.78 is 10.1. The van der Waals surface area contributed by atoms with Crippen LogP contribution < -0.4 is 4.90 Å². The first-order valence-corrected chi connectivity index (χ1v) is 11.4. The predicted octanol–water partition coefficient (Wildman–Crippen LogP) is 3.71. The molecule has 0 N–H and O–H groups in total. The van der Waals surface area contributed by atoms with E-state index in [0.717, 1.165) is 56.2 Å². The zero-order valence-electron chi connectivity index (χ0n) is 16.6. The van der Waals surface area contributed by atoms with Gasteiger partial charge in [-0.2, -0.15) is 9.36 Å². The van der Waals surface area contributed by atoms with Gasteiger partial charge in [-0.25, -0.2) is 4.79 Å². The van der Waals surface area contributed by atoms with Gasteiger partial charge in [0.25, 0.3) is 0 Å². The fourth-order valence-electron chi connectivity index (χ4n) is 5.04. The zero-order chi connectivity index (χ0) is 20.0. The van der Waals surface area contributed by atoms with Crippen LogP contribution in [0.5, 0.6) is 0 Å². The fourth-order valence-corrected chi connectivity index (χ4v) is 5.65. The number of piperidine rings is 1. The van der Waals surface area contributed by atoms with E-state index in [0.29, 0.717) is 16.5 Å². The summed E-state index contributed by atoms with van der Waals surface area (Å²) in [5.74, 6) is 0.616. The van der Waals surface area contributed by atoms with Gasteiger partial charge in [0.2, 0.25) is 10.4 Å². The van der Waals surface area contributed by atoms with Crippen LogP contribution >= 0.6 is 23.1 Å². The maximum atomic E-state index is 11.7. The number of rotatable bonds is 4. The van der Waals surface area contributed by atoms with E-state index in [1.807, 2.05) is 6.07 Å². The SMILES string of the molecule is Cc1c(CCN2CCC3(CC2)CCN(c2nsc(Cl)n2)C3)ccc2c1COC2=O. The minimum atomic E-state index is -0.184. The van der Waals surface area contributed by atoms with Gasteiger partial charge < -0.3 is 14.5 Å². The molecule has 1 aromatic heterocycles. The Bertz CT molecular complexity index is 939. The molecule has 4 heterocycles. The number of hydrogen-bond acceptors (Lipinski definition) is 7. The molecule has 2 fully saturated rings. The van der Waals surface area contributed by atoms with Crippen LogP contribution in [0, 0.1) is 12.3 Å². The summed E-state index contributed by atoms with van der Waals surface area (Å²) in [6, 6.07) is 4.04. The highest BCUT2D eigenvalue weighted by Crippen LogP contribution is 2.41. The molecule has 0 unspecified atom stereocenters. The van der Waals surface area contributed by atoms with Crippen molar-refractivity contribution in [3.05, 3.63) is 38.9 Å². The average Bonchev–Trinajstić information content (AvgIpc) is 3.43. The average molecular weight is 433 g/mol. The second-order valence-electron chi connectivity index (χ2n) is 8.56. The van der Waals surface area contributed by atoms with Gasteiger partial charge in [0, 0.05) is 36.7 Å². The van der Waals surface area contributed by atoms with Crippen molar-refractivity contribution in [3.8, 4) is 0 Å². The van der Waals surface area contributed by atoms with Crippen LogP contribution in [0.2, 0.25) is 4.47 Å². The van der Waals surface area contributed by atoms with Crippen molar-refractivity contribution in [1.29, 1.82) is 0 Å². The summed E-state index contributed by atoms with van der Waals surface area (Å²) in [5, 5.41) is 0. The maximum absolute atomic E-state index is 11.7. The predicted molar refractivity (Wildman–Crippen MR) is 114 cm³/mol. The van der Waals surface area contributed by atoms with Crippen LogP contribution in [-0.2, 0) is 17.8 Å². The highest BCUT2D eigenvalue weighted by atomic mass is 35.5. The van der Waals surface area contributed by atoms with Crippen LogP contribution in [-0.4, -0.2) is 53.0 Å². The van der Waals surface area contributed by atoms with E-state index in [1.54, 1.807) is 0 Å². The lowest BCUT2D eigenvalue weighted by atomic mass is 9.77. The summed E-state index contributed by atoms with van der Waals surface area (Å²) >= 11 is 7.23. The smallest absolute Gasteiger partial charge is 0.338 e. The number of ether oxygens (including phenoxy) is 1. The Morgan fingerprint density at radius 1 is 1.24 bits per heavy atom. The van der Waals surface area contributed by atoms with Crippen molar-refractivity contribution >= 4 is 35.1 Å². The first kappa shape index (κ1) is 19.3. The molecule has 0 radical (unpaired) electrons. The van der Waals surface area contributed by atoms with E-state index in [-0.39, 0.29) is 5.97 Å². The Labute approximate surface area is 180 Å². The molecule has 1 aromatic carbocycles. The molecular weight excluding hydrogens is 408 g/mol. The molecule has 1 spiro atoms. The number of benzene rings is 1. The van der Waals surface area contributed by atoms with Crippen LogP contribution in [0.4, 0.5) is 5.95 Å². The number of anilines is 1. The molecule has 3 aliphatic rings. The second-order valence-corrected chi connectivity index (χ2v) is 9.90. The summed E-state index contributed by atoms with van der Waals surface area (Å²) in [5.41, 5.74) is 4.78. The minimum absolute atomic E-state index is 0.184. The van der Waals surface area contributed by atoms with Gasteiger partial charge in [-0.05, 0) is 79.9 Å². The quantitative estimate of drug-likeness (QED) is 0.686. The molecule has 2 saturated heterocycles. The molecule has 0 amide bonds. The molecule has 0 bridgehead atoms. The summed E-state index contributed by atoms with van der Waals surface area (Å²) in [6.45, 7) is 7.98. The van der Waals surface area contributed by atoms with E-state index in [2.05, 4.69) is 32.1 Å². The first-order valence-electron chi connectivity index (χ1n) is 10.3. The number of halogens is 1. The lowest BCUT2D eigenvalue weighted by Gasteiger charge is -2.39. The highest BCUT2D eigenvalue weighted by Gasteiger charge is 2.41. The number of cyclic esters (lactones) is 1. The number of esters is 1. The van der Waals surface area contributed by atoms with E-state index >= 15 is 0 Å². The fraction of sp³-hybridized carbons (Fsp3) is 0.571. The minimum Gasteiger partial charge on any atom is -0.457 e. The lowest BCUT2D eigenvalue weighted by molar-refractivity contribution is 0.0535. The third-order valence-corrected chi connectivity index (χ3v) is 7.79. The molecule has 0 atom stereocenters. The second kappa shape index (κ2) is 7.52. The van der Waals surface area contributed by atoms with Crippen LogP contribution in [0.1, 0.15) is 46.3 Å². The molecule has 2 aromatic rings. The number of carbonyl (C=O) groups excluding carboxylic acids is 1. The first-order chi connectivity index (χ1) is 14.0. The molecule has 8 heteroatoms. The van der Waals surface area contributed by atoms with E-state index in [1.165, 1.54) is 41.9 Å². The molecular formula is C21H25ClN4O2S. The monoisotopic (exact) mass is 432 g/mol. The Morgan fingerprint density at radius 2 is 2.03 bits per heavy atom. The van der Waals surface area contributed by atoms with Crippen molar-refractivity contribution in [2.75, 3.05) is 37.6 Å². The van der Waals surface area contributed by atoms with Crippen LogP contribution in [0.15, 0.2) is 12.1 Å². The number of fused-ring (bicyclic) bond motifs is 1.